The van der Waals surface area contributed by atoms with Gasteiger partial charge in [0.05, 0.1) is 10.6 Å². The Morgan fingerprint density at radius 1 is 1.05 bits per heavy atom. The van der Waals surface area contributed by atoms with Crippen LogP contribution in [-0.4, -0.2) is 44.3 Å². The highest BCUT2D eigenvalue weighted by Crippen LogP contribution is 2.42. The second-order valence-corrected chi connectivity index (χ2v) is 12.1. The van der Waals surface area contributed by atoms with E-state index in [1.54, 1.807) is 43.3 Å². The zero-order valence-electron chi connectivity index (χ0n) is 21.4. The summed E-state index contributed by atoms with van der Waals surface area (Å²) in [6.07, 6.45) is 2.14. The fraction of sp³-hybridized carbons (Fsp3) is 0.357. The van der Waals surface area contributed by atoms with Crippen molar-refractivity contribution >= 4 is 61.5 Å². The highest BCUT2D eigenvalue weighted by atomic mass is 35.5. The van der Waals surface area contributed by atoms with Crippen LogP contribution in [-0.2, 0) is 26.2 Å². The van der Waals surface area contributed by atoms with Crippen molar-refractivity contribution in [3.8, 4) is 0 Å². The number of sulfonamides is 1. The van der Waals surface area contributed by atoms with Crippen molar-refractivity contribution in [1.82, 2.24) is 10.2 Å². The van der Waals surface area contributed by atoms with Gasteiger partial charge >= 0.3 is 0 Å². The zero-order valence-corrected chi connectivity index (χ0v) is 23.7. The Balaban J connectivity index is 1.49. The summed E-state index contributed by atoms with van der Waals surface area (Å²) in [5, 5.41) is 5.33. The molecular formula is C28H31Cl2N3O4S. The molecule has 1 atom stereocenters. The average Bonchev–Trinajstić information content (AvgIpc) is 3.11. The first kappa shape index (κ1) is 28.2. The van der Waals surface area contributed by atoms with Gasteiger partial charge < -0.3 is 10.2 Å². The molecule has 10 heteroatoms. The third-order valence-electron chi connectivity index (χ3n) is 6.79. The number of hydrogen-bond donors (Lipinski definition) is 1. The van der Waals surface area contributed by atoms with Gasteiger partial charge in [-0.1, -0.05) is 66.9 Å². The molecule has 1 aliphatic heterocycles. The van der Waals surface area contributed by atoms with Crippen LogP contribution in [0.15, 0.2) is 59.5 Å². The van der Waals surface area contributed by atoms with Crippen LogP contribution in [0.2, 0.25) is 10.0 Å². The van der Waals surface area contributed by atoms with E-state index in [0.717, 1.165) is 18.2 Å². The minimum atomic E-state index is -3.70. The van der Waals surface area contributed by atoms with Crippen LogP contribution >= 0.6 is 23.2 Å². The molecular weight excluding hydrogens is 545 g/mol. The van der Waals surface area contributed by atoms with Crippen LogP contribution in [0, 0.1) is 0 Å². The summed E-state index contributed by atoms with van der Waals surface area (Å²) < 4.78 is 27.9. The van der Waals surface area contributed by atoms with Gasteiger partial charge in [-0.25, -0.2) is 8.42 Å². The quantitative estimate of drug-likeness (QED) is 0.294. The van der Waals surface area contributed by atoms with Gasteiger partial charge in [0.15, 0.2) is 0 Å². The number of anilines is 1. The maximum Gasteiger partial charge on any atom is 0.265 e. The molecule has 202 valence electrons. The normalized spacial score (nSPS) is 14.5. The molecule has 0 aliphatic carbocycles. The third-order valence-corrected chi connectivity index (χ3v) is 9.23. The Hall–Kier alpha value is -2.81. The third kappa shape index (κ3) is 5.77. The number of carbonyl (C=O) groups is 2. The highest BCUT2D eigenvalue weighted by molar-refractivity contribution is 7.93. The highest BCUT2D eigenvalue weighted by Gasteiger charge is 2.35. The monoisotopic (exact) mass is 575 g/mol. The number of nitrogens with one attached hydrogen (secondary N) is 1. The van der Waals surface area contributed by atoms with Gasteiger partial charge in [0.2, 0.25) is 11.8 Å². The van der Waals surface area contributed by atoms with E-state index in [4.69, 9.17) is 23.2 Å². The molecule has 1 unspecified atom stereocenters. The predicted octanol–water partition coefficient (Wildman–Crippen LogP) is 5.77. The summed E-state index contributed by atoms with van der Waals surface area (Å²) in [4.78, 5) is 28.1. The van der Waals surface area contributed by atoms with Crippen molar-refractivity contribution in [1.29, 1.82) is 0 Å². The lowest BCUT2D eigenvalue weighted by atomic mass is 10.1. The van der Waals surface area contributed by atoms with Gasteiger partial charge in [-0.2, -0.15) is 0 Å². The Bertz CT molecular complexity index is 1460. The maximum absolute atomic E-state index is 13.5. The average molecular weight is 577 g/mol. The van der Waals surface area contributed by atoms with E-state index >= 15 is 0 Å². The van der Waals surface area contributed by atoms with Crippen LogP contribution in [0.3, 0.4) is 0 Å². The first-order valence-electron chi connectivity index (χ1n) is 12.7. The van der Waals surface area contributed by atoms with E-state index in [0.29, 0.717) is 33.2 Å². The molecule has 0 saturated carbocycles. The molecule has 1 N–H and O–H groups in total. The first-order valence-corrected chi connectivity index (χ1v) is 14.9. The molecule has 0 saturated heterocycles. The van der Waals surface area contributed by atoms with E-state index in [1.165, 1.54) is 9.21 Å². The van der Waals surface area contributed by atoms with Crippen LogP contribution < -0.4 is 9.62 Å². The number of halogens is 2. The number of unbranched alkanes of at least 4 members (excludes halogenated alkanes) is 1. The number of nitrogens with zero attached hydrogens (tertiary/aromatic N) is 2. The van der Waals surface area contributed by atoms with E-state index in [1.807, 2.05) is 25.1 Å². The summed E-state index contributed by atoms with van der Waals surface area (Å²) in [7, 11) is -3.70. The Labute approximate surface area is 233 Å². The number of benzene rings is 3. The molecule has 0 fully saturated rings. The summed E-state index contributed by atoms with van der Waals surface area (Å²) in [6.45, 7) is 4.53. The molecule has 38 heavy (non-hydrogen) atoms. The van der Waals surface area contributed by atoms with E-state index in [-0.39, 0.29) is 42.6 Å². The van der Waals surface area contributed by atoms with E-state index < -0.39 is 16.1 Å². The van der Waals surface area contributed by atoms with Crippen molar-refractivity contribution < 1.29 is 18.0 Å². The van der Waals surface area contributed by atoms with Crippen molar-refractivity contribution in [2.24, 2.45) is 0 Å². The lowest BCUT2D eigenvalue weighted by Crippen LogP contribution is -2.48. The zero-order chi connectivity index (χ0) is 27.4. The SMILES string of the molecule is CCCCNC(=O)C(C)N(Cc1ccc(Cl)cc1Cl)C(=O)CCCN1c2cccc3cccc(c23)S1(=O)=O. The Morgan fingerprint density at radius 2 is 1.79 bits per heavy atom. The second-order valence-electron chi connectivity index (χ2n) is 9.39. The molecule has 1 aliphatic rings. The number of rotatable bonds is 11. The second kappa shape index (κ2) is 11.9. The van der Waals surface area contributed by atoms with Gasteiger partial charge in [0, 0.05) is 41.5 Å². The minimum absolute atomic E-state index is 0.0656. The molecule has 0 aromatic heterocycles. The lowest BCUT2D eigenvalue weighted by Gasteiger charge is -2.29. The molecule has 2 amide bonds. The number of hydrogen-bond acceptors (Lipinski definition) is 4. The standard InChI is InChI=1S/C28H31Cl2N3O4S/c1-3-4-15-31-28(35)19(2)32(18-21-13-14-22(29)17-23(21)30)26(34)12-7-16-33-24-10-5-8-20-9-6-11-25(27(20)24)38(33,36)37/h5-6,8-11,13-14,17,19H,3-4,7,12,15-16,18H2,1-2H3,(H,31,35). The Kier molecular flexibility index (Phi) is 8.85. The first-order chi connectivity index (χ1) is 18.1. The number of carbonyl (C=O) groups excluding carboxylic acids is 2. The summed E-state index contributed by atoms with van der Waals surface area (Å²) in [5.41, 5.74) is 1.29. The molecule has 0 bridgehead atoms. The van der Waals surface area contributed by atoms with Crippen LogP contribution in [0.25, 0.3) is 10.8 Å². The van der Waals surface area contributed by atoms with Gasteiger partial charge in [-0.05, 0) is 55.0 Å². The van der Waals surface area contributed by atoms with Crippen molar-refractivity contribution in [2.45, 2.75) is 57.0 Å². The van der Waals surface area contributed by atoms with Gasteiger partial charge in [0.1, 0.15) is 6.04 Å². The Morgan fingerprint density at radius 3 is 2.50 bits per heavy atom. The lowest BCUT2D eigenvalue weighted by molar-refractivity contribution is -0.140. The van der Waals surface area contributed by atoms with Crippen molar-refractivity contribution in [3.63, 3.8) is 0 Å². The molecule has 3 aromatic rings. The molecule has 0 radical (unpaired) electrons. The van der Waals surface area contributed by atoms with E-state index in [9.17, 15) is 18.0 Å². The molecule has 7 nitrogen and oxygen atoms in total. The van der Waals surface area contributed by atoms with Gasteiger partial charge in [-0.15, -0.1) is 0 Å². The van der Waals surface area contributed by atoms with Crippen LogP contribution in [0.4, 0.5) is 5.69 Å². The maximum atomic E-state index is 13.5. The van der Waals surface area contributed by atoms with Crippen LogP contribution in [0.5, 0.6) is 0 Å². The fourth-order valence-corrected chi connectivity index (χ4v) is 6.89. The van der Waals surface area contributed by atoms with Gasteiger partial charge in [0.25, 0.3) is 10.0 Å². The van der Waals surface area contributed by atoms with Gasteiger partial charge in [-0.3, -0.25) is 13.9 Å². The van der Waals surface area contributed by atoms with Crippen molar-refractivity contribution in [2.75, 3.05) is 17.4 Å². The topological polar surface area (TPSA) is 86.8 Å². The molecule has 1 heterocycles. The molecule has 3 aromatic carbocycles. The van der Waals surface area contributed by atoms with E-state index in [2.05, 4.69) is 5.32 Å². The van der Waals surface area contributed by atoms with Crippen molar-refractivity contribution in [3.05, 3.63) is 70.2 Å². The minimum Gasteiger partial charge on any atom is -0.354 e. The predicted molar refractivity (Wildman–Crippen MR) is 152 cm³/mol. The number of amides is 2. The summed E-state index contributed by atoms with van der Waals surface area (Å²) in [5.74, 6) is -0.511. The largest absolute Gasteiger partial charge is 0.354 e. The molecule has 4 rings (SSSR count). The summed E-state index contributed by atoms with van der Waals surface area (Å²) >= 11 is 12.4. The molecule has 0 spiro atoms. The fourth-order valence-electron chi connectivity index (χ4n) is 4.67. The van der Waals surface area contributed by atoms with Crippen LogP contribution in [0.1, 0.15) is 45.1 Å². The summed E-state index contributed by atoms with van der Waals surface area (Å²) in [6, 6.07) is 15.0. The smallest absolute Gasteiger partial charge is 0.265 e.